The van der Waals surface area contributed by atoms with Gasteiger partial charge >= 0.3 is 0 Å². The van der Waals surface area contributed by atoms with Gasteiger partial charge < -0.3 is 9.30 Å². The first-order chi connectivity index (χ1) is 9.93. The fourth-order valence-electron chi connectivity index (χ4n) is 3.26. The molecule has 3 heterocycles. The molecule has 3 aromatic rings. The monoisotopic (exact) mass is 265 g/mol. The summed E-state index contributed by atoms with van der Waals surface area (Å²) in [6, 6.07) is 10.7. The van der Waals surface area contributed by atoms with Crippen LogP contribution < -0.4 is 4.90 Å². The number of fused-ring (bicyclic) bond motifs is 3. The number of aromatic nitrogens is 2. The Balaban J connectivity index is 1.90. The minimum absolute atomic E-state index is 1.12. The van der Waals surface area contributed by atoms with Gasteiger partial charge in [0.25, 0.3) is 0 Å². The van der Waals surface area contributed by atoms with Crippen molar-refractivity contribution in [3.05, 3.63) is 42.7 Å². The first-order valence-corrected chi connectivity index (χ1v) is 7.53. The molecular formula is C17H19N3. The van der Waals surface area contributed by atoms with Crippen molar-refractivity contribution >= 4 is 22.2 Å². The second-order valence-corrected chi connectivity index (χ2v) is 5.61. The predicted molar refractivity (Wildman–Crippen MR) is 83.4 cm³/mol. The van der Waals surface area contributed by atoms with E-state index in [1.807, 2.05) is 6.20 Å². The number of benzene rings is 1. The number of para-hydroxylation sites is 1. The van der Waals surface area contributed by atoms with Crippen molar-refractivity contribution in [2.75, 3.05) is 18.0 Å². The Bertz CT molecular complexity index is 736. The second-order valence-electron chi connectivity index (χ2n) is 5.61. The van der Waals surface area contributed by atoms with Crippen LogP contribution in [0.3, 0.4) is 0 Å². The average molecular weight is 265 g/mol. The number of rotatable bonds is 1. The van der Waals surface area contributed by atoms with Crippen LogP contribution in [0, 0.1) is 0 Å². The third-order valence-electron chi connectivity index (χ3n) is 4.31. The predicted octanol–water partition coefficient (Wildman–Crippen LogP) is 3.87. The molecule has 1 saturated heterocycles. The van der Waals surface area contributed by atoms with Gasteiger partial charge in [-0.25, -0.2) is 0 Å². The van der Waals surface area contributed by atoms with Gasteiger partial charge in [-0.2, -0.15) is 0 Å². The van der Waals surface area contributed by atoms with Crippen molar-refractivity contribution in [3.8, 4) is 0 Å². The molecule has 1 aliphatic heterocycles. The zero-order valence-corrected chi connectivity index (χ0v) is 11.6. The van der Waals surface area contributed by atoms with Crippen molar-refractivity contribution in [2.24, 2.45) is 0 Å². The van der Waals surface area contributed by atoms with Crippen molar-refractivity contribution in [3.63, 3.8) is 0 Å². The Morgan fingerprint density at radius 1 is 0.900 bits per heavy atom. The molecule has 0 radical (unpaired) electrons. The zero-order valence-electron chi connectivity index (χ0n) is 11.6. The molecule has 3 heteroatoms. The van der Waals surface area contributed by atoms with E-state index in [0.29, 0.717) is 0 Å². The Kier molecular flexibility index (Phi) is 2.84. The van der Waals surface area contributed by atoms with Gasteiger partial charge in [-0.1, -0.05) is 18.9 Å². The fraction of sp³-hybridized carbons (Fsp3) is 0.353. The molecule has 102 valence electrons. The van der Waals surface area contributed by atoms with Crippen LogP contribution in [0.25, 0.3) is 16.6 Å². The number of anilines is 1. The summed E-state index contributed by atoms with van der Waals surface area (Å²) in [5, 5.41) is 0. The van der Waals surface area contributed by atoms with Crippen LogP contribution >= 0.6 is 0 Å². The molecule has 4 rings (SSSR count). The maximum Gasteiger partial charge on any atom is 0.110 e. The van der Waals surface area contributed by atoms with E-state index in [9.17, 15) is 0 Å². The standard InChI is InChI=1S/C17H19N3/c1-2-4-11-19(10-3-1)15-8-5-9-16-17(15)18-13-14-7-6-12-20(14)16/h5-9,12-13H,1-4,10-11H2. The molecular weight excluding hydrogens is 246 g/mol. The summed E-state index contributed by atoms with van der Waals surface area (Å²) in [7, 11) is 0. The van der Waals surface area contributed by atoms with Crippen molar-refractivity contribution in [1.29, 1.82) is 0 Å². The fourth-order valence-corrected chi connectivity index (χ4v) is 3.26. The minimum Gasteiger partial charge on any atom is -0.370 e. The van der Waals surface area contributed by atoms with Gasteiger partial charge in [0.15, 0.2) is 0 Å². The highest BCUT2D eigenvalue weighted by atomic mass is 15.1. The van der Waals surface area contributed by atoms with Crippen LogP contribution in [0.5, 0.6) is 0 Å². The van der Waals surface area contributed by atoms with E-state index < -0.39 is 0 Å². The zero-order chi connectivity index (χ0) is 13.4. The first-order valence-electron chi connectivity index (χ1n) is 7.53. The Morgan fingerprint density at radius 3 is 2.60 bits per heavy atom. The van der Waals surface area contributed by atoms with Crippen LogP contribution in [0.4, 0.5) is 5.69 Å². The highest BCUT2D eigenvalue weighted by Crippen LogP contribution is 2.27. The molecule has 0 N–H and O–H groups in total. The lowest BCUT2D eigenvalue weighted by Gasteiger charge is -2.23. The molecule has 20 heavy (non-hydrogen) atoms. The molecule has 0 bridgehead atoms. The van der Waals surface area contributed by atoms with Gasteiger partial charge in [-0.05, 0) is 37.1 Å². The van der Waals surface area contributed by atoms with Gasteiger partial charge in [-0.15, -0.1) is 0 Å². The number of hydrogen-bond donors (Lipinski definition) is 0. The van der Waals surface area contributed by atoms with E-state index in [0.717, 1.165) is 24.1 Å². The Labute approximate surface area is 118 Å². The van der Waals surface area contributed by atoms with Gasteiger partial charge in [-0.3, -0.25) is 4.98 Å². The lowest BCUT2D eigenvalue weighted by atomic mass is 10.2. The summed E-state index contributed by atoms with van der Waals surface area (Å²) < 4.78 is 2.23. The Morgan fingerprint density at radius 2 is 1.75 bits per heavy atom. The molecule has 2 aromatic heterocycles. The van der Waals surface area contributed by atoms with E-state index in [1.165, 1.54) is 36.9 Å². The lowest BCUT2D eigenvalue weighted by Crippen LogP contribution is -2.24. The van der Waals surface area contributed by atoms with Gasteiger partial charge in [0.2, 0.25) is 0 Å². The molecule has 1 fully saturated rings. The molecule has 0 unspecified atom stereocenters. The molecule has 0 amide bonds. The molecule has 0 spiro atoms. The summed E-state index contributed by atoms with van der Waals surface area (Å²) in [6.07, 6.45) is 9.40. The van der Waals surface area contributed by atoms with Gasteiger partial charge in [0, 0.05) is 19.3 Å². The first kappa shape index (κ1) is 11.8. The number of hydrogen-bond acceptors (Lipinski definition) is 2. The normalized spacial score (nSPS) is 16.7. The maximum atomic E-state index is 4.72. The lowest BCUT2D eigenvalue weighted by molar-refractivity contribution is 0.726. The second kappa shape index (κ2) is 4.82. The SMILES string of the molecule is c1cc(N2CCCCCC2)c2ncc3cccn3c2c1. The minimum atomic E-state index is 1.12. The topological polar surface area (TPSA) is 20.5 Å². The molecule has 1 aromatic carbocycles. The third kappa shape index (κ3) is 1.85. The summed E-state index contributed by atoms with van der Waals surface area (Å²) in [4.78, 5) is 7.24. The molecule has 0 atom stereocenters. The van der Waals surface area contributed by atoms with Crippen LogP contribution in [0.2, 0.25) is 0 Å². The van der Waals surface area contributed by atoms with Crippen LogP contribution in [0.1, 0.15) is 25.7 Å². The average Bonchev–Trinajstić information content (AvgIpc) is 2.81. The summed E-state index contributed by atoms with van der Waals surface area (Å²) in [6.45, 7) is 2.31. The third-order valence-corrected chi connectivity index (χ3v) is 4.31. The van der Waals surface area contributed by atoms with Crippen molar-refractivity contribution in [1.82, 2.24) is 9.38 Å². The highest BCUT2D eigenvalue weighted by Gasteiger charge is 2.14. The summed E-state index contributed by atoms with van der Waals surface area (Å²) in [5.41, 5.74) is 4.78. The molecule has 1 aliphatic rings. The van der Waals surface area contributed by atoms with E-state index in [4.69, 9.17) is 4.98 Å². The summed E-state index contributed by atoms with van der Waals surface area (Å²) in [5.74, 6) is 0. The van der Waals surface area contributed by atoms with Gasteiger partial charge in [0.1, 0.15) is 5.52 Å². The quantitative estimate of drug-likeness (QED) is 0.666. The highest BCUT2D eigenvalue weighted by molar-refractivity contribution is 5.90. The van der Waals surface area contributed by atoms with E-state index >= 15 is 0 Å². The van der Waals surface area contributed by atoms with Crippen molar-refractivity contribution < 1.29 is 0 Å². The van der Waals surface area contributed by atoms with E-state index in [-0.39, 0.29) is 0 Å². The van der Waals surface area contributed by atoms with E-state index in [2.05, 4.69) is 45.8 Å². The molecule has 3 nitrogen and oxygen atoms in total. The maximum absolute atomic E-state index is 4.72. The molecule has 0 aliphatic carbocycles. The smallest absolute Gasteiger partial charge is 0.110 e. The largest absolute Gasteiger partial charge is 0.370 e. The number of nitrogens with zero attached hydrogens (tertiary/aromatic N) is 3. The van der Waals surface area contributed by atoms with Crippen LogP contribution in [-0.4, -0.2) is 22.5 Å². The van der Waals surface area contributed by atoms with Crippen LogP contribution in [0.15, 0.2) is 42.7 Å². The van der Waals surface area contributed by atoms with E-state index in [1.54, 1.807) is 0 Å². The van der Waals surface area contributed by atoms with Crippen LogP contribution in [-0.2, 0) is 0 Å². The Hall–Kier alpha value is -2.03. The van der Waals surface area contributed by atoms with Crippen molar-refractivity contribution in [2.45, 2.75) is 25.7 Å². The van der Waals surface area contributed by atoms with Gasteiger partial charge in [0.05, 0.1) is 22.9 Å². The summed E-state index contributed by atoms with van der Waals surface area (Å²) >= 11 is 0. The molecule has 0 saturated carbocycles.